The summed E-state index contributed by atoms with van der Waals surface area (Å²) >= 11 is 2.08. The summed E-state index contributed by atoms with van der Waals surface area (Å²) in [5.41, 5.74) is 34.5. The van der Waals surface area contributed by atoms with Gasteiger partial charge in [0.15, 0.2) is 0 Å². The third-order valence-electron chi connectivity index (χ3n) is 17.9. The molecule has 3 heterocycles. The molecule has 0 saturated heterocycles. The van der Waals surface area contributed by atoms with Gasteiger partial charge in [0, 0.05) is 43.7 Å². The van der Waals surface area contributed by atoms with Gasteiger partial charge in [-0.3, -0.25) is 0 Å². The Bertz CT molecular complexity index is 4240. The van der Waals surface area contributed by atoms with Crippen LogP contribution in [-0.2, 0) is 10.8 Å². The molecule has 4 aliphatic carbocycles. The van der Waals surface area contributed by atoms with Crippen LogP contribution in [0.4, 0.5) is 34.1 Å². The van der Waals surface area contributed by atoms with Crippen molar-refractivity contribution in [3.8, 4) is 44.5 Å². The highest BCUT2D eigenvalue weighted by Gasteiger charge is 2.58. The Labute approximate surface area is 436 Å². The van der Waals surface area contributed by atoms with Crippen LogP contribution in [0.1, 0.15) is 66.1 Å². The number of anilines is 6. The van der Waals surface area contributed by atoms with E-state index in [-0.39, 0.29) is 6.71 Å². The molecule has 2 spiro atoms. The highest BCUT2D eigenvalue weighted by Crippen LogP contribution is 2.68. The zero-order valence-corrected chi connectivity index (χ0v) is 42.4. The second-order valence-electron chi connectivity index (χ2n) is 21.7. The number of thiophene rings is 1. The van der Waals surface area contributed by atoms with E-state index in [4.69, 9.17) is 0 Å². The van der Waals surface area contributed by atoms with Crippen molar-refractivity contribution < 1.29 is 0 Å². The molecular formula is C70H47BN2S. The van der Waals surface area contributed by atoms with Crippen molar-refractivity contribution in [2.45, 2.75) is 38.5 Å². The number of fused-ring (bicyclic) bond motifs is 25. The lowest BCUT2D eigenvalue weighted by Gasteiger charge is -2.44. The van der Waals surface area contributed by atoms with Crippen molar-refractivity contribution in [1.29, 1.82) is 0 Å². The van der Waals surface area contributed by atoms with E-state index in [1.807, 2.05) is 0 Å². The van der Waals surface area contributed by atoms with Gasteiger partial charge in [-0.25, -0.2) is 0 Å². The first-order valence-electron chi connectivity index (χ1n) is 26.2. The molecule has 0 bridgehead atoms. The van der Waals surface area contributed by atoms with Gasteiger partial charge in [-0.1, -0.05) is 187 Å². The van der Waals surface area contributed by atoms with Gasteiger partial charge in [0.25, 0.3) is 6.71 Å². The van der Waals surface area contributed by atoms with Gasteiger partial charge in [0.05, 0.1) is 16.5 Å². The lowest BCUT2D eigenvalue weighted by atomic mass is 9.35. The maximum absolute atomic E-state index is 2.70. The van der Waals surface area contributed by atoms with E-state index in [1.54, 1.807) is 0 Å². The van der Waals surface area contributed by atoms with Crippen LogP contribution in [0, 0.1) is 27.7 Å². The molecule has 17 rings (SSSR count). The second-order valence-corrected chi connectivity index (χ2v) is 22.8. The Hall–Kier alpha value is -8.44. The zero-order valence-electron chi connectivity index (χ0n) is 41.6. The first kappa shape index (κ1) is 41.1. The van der Waals surface area contributed by atoms with Gasteiger partial charge in [-0.05, 0) is 165 Å². The molecule has 10 aromatic carbocycles. The van der Waals surface area contributed by atoms with Gasteiger partial charge in [-0.2, -0.15) is 0 Å². The molecule has 0 unspecified atom stereocenters. The van der Waals surface area contributed by atoms with Crippen molar-refractivity contribution in [3.05, 3.63) is 278 Å². The highest BCUT2D eigenvalue weighted by atomic mass is 32.1. The predicted molar refractivity (Wildman–Crippen MR) is 310 cm³/mol. The normalized spacial score (nSPS) is 15.2. The number of hydrogen-bond donors (Lipinski definition) is 0. The molecule has 1 aromatic heterocycles. The third-order valence-corrected chi connectivity index (χ3v) is 19.2. The summed E-state index contributed by atoms with van der Waals surface area (Å²) in [6, 6.07) is 82.4. The number of nitrogens with zero attached hydrogens (tertiary/aromatic N) is 2. The van der Waals surface area contributed by atoms with E-state index in [0.717, 1.165) is 0 Å². The van der Waals surface area contributed by atoms with Crippen LogP contribution >= 0.6 is 11.3 Å². The van der Waals surface area contributed by atoms with Crippen LogP contribution in [-0.4, -0.2) is 6.71 Å². The van der Waals surface area contributed by atoms with Gasteiger partial charge in [0.1, 0.15) is 0 Å². The number of aryl methyl sites for hydroxylation is 4. The van der Waals surface area contributed by atoms with Crippen molar-refractivity contribution in [2.24, 2.45) is 0 Å². The minimum absolute atomic E-state index is 0.0691. The van der Waals surface area contributed by atoms with Crippen LogP contribution in [0.15, 0.2) is 212 Å². The first-order valence-corrected chi connectivity index (χ1v) is 27.0. The summed E-state index contributed by atoms with van der Waals surface area (Å²) in [5.74, 6) is 0. The van der Waals surface area contributed by atoms with E-state index < -0.39 is 10.8 Å². The Kier molecular flexibility index (Phi) is 7.88. The van der Waals surface area contributed by atoms with Crippen LogP contribution < -0.4 is 25.5 Å². The number of hydrogen-bond acceptors (Lipinski definition) is 3. The molecule has 74 heavy (non-hydrogen) atoms. The van der Waals surface area contributed by atoms with E-state index >= 15 is 0 Å². The monoisotopic (exact) mass is 958 g/mol. The fourth-order valence-electron chi connectivity index (χ4n) is 15.1. The standard InChI is InChI=1S/C70H47BN2S/c1-40-25-30-44(31-26-40)72-61-38-52-50-19-9-12-22-55(50)69(53-20-10-5-15-46(53)47-16-6-11-21-54(47)69)59(52)39-60(61)71-65-62(72)36-43(4)37-63(65)73(45-32-27-41(2)28-33-45)66-64-51-34-29-42(3)35-58(51)70(67(64)74-68(66)71)56-23-13-7-17-48(56)49-18-8-14-24-57(49)70/h5-39H,1-4H3. The summed E-state index contributed by atoms with van der Waals surface area (Å²) in [6.45, 7) is 8.90. The Morgan fingerprint density at radius 2 is 0.797 bits per heavy atom. The molecule has 346 valence electrons. The molecular weight excluding hydrogens is 912 g/mol. The highest BCUT2D eigenvalue weighted by molar-refractivity contribution is 7.30. The summed E-state index contributed by atoms with van der Waals surface area (Å²) in [6.07, 6.45) is 0. The average Bonchev–Trinajstić information content (AvgIpc) is 4.31. The molecule has 6 aliphatic rings. The maximum Gasteiger partial charge on any atom is 0.264 e. The molecule has 4 heteroatoms. The van der Waals surface area contributed by atoms with E-state index in [2.05, 4.69) is 261 Å². The molecule has 0 amide bonds. The van der Waals surface area contributed by atoms with E-state index in [9.17, 15) is 0 Å². The average molecular weight is 959 g/mol. The van der Waals surface area contributed by atoms with Crippen LogP contribution in [0.2, 0.25) is 0 Å². The molecule has 0 N–H and O–H groups in total. The third kappa shape index (κ3) is 4.80. The fraction of sp³-hybridized carbons (Fsp3) is 0.0857. The molecule has 0 radical (unpaired) electrons. The van der Waals surface area contributed by atoms with E-state index in [1.165, 1.54) is 160 Å². The lowest BCUT2D eigenvalue weighted by Crippen LogP contribution is -2.60. The quantitative estimate of drug-likeness (QED) is 0.159. The SMILES string of the molecule is Cc1ccc(N2c3cc4c(cc3B3c5sc6c(c5N(c5ccc(C)cc5)c5cc(C)cc2c53)-c2ccc(C)cc2C62c3ccccc3-c3ccccc32)C2(c3ccccc3-c3ccccc32)c2ccccc2-4)cc1. The van der Waals surface area contributed by atoms with Crippen LogP contribution in [0.5, 0.6) is 0 Å². The summed E-state index contributed by atoms with van der Waals surface area (Å²) in [5, 5.41) is 0. The Morgan fingerprint density at radius 3 is 1.34 bits per heavy atom. The Morgan fingerprint density at radius 1 is 0.351 bits per heavy atom. The van der Waals surface area contributed by atoms with Gasteiger partial charge >= 0.3 is 0 Å². The number of rotatable bonds is 2. The maximum atomic E-state index is 2.70. The predicted octanol–water partition coefficient (Wildman–Crippen LogP) is 15.8. The molecule has 0 saturated carbocycles. The van der Waals surface area contributed by atoms with Crippen molar-refractivity contribution >= 4 is 67.9 Å². The summed E-state index contributed by atoms with van der Waals surface area (Å²) < 4.78 is 1.40. The zero-order chi connectivity index (χ0) is 48.9. The first-order chi connectivity index (χ1) is 36.3. The minimum atomic E-state index is -0.486. The second kappa shape index (κ2) is 14.2. The topological polar surface area (TPSA) is 6.48 Å². The summed E-state index contributed by atoms with van der Waals surface area (Å²) in [4.78, 5) is 6.72. The molecule has 11 aromatic rings. The van der Waals surface area contributed by atoms with E-state index in [0.29, 0.717) is 0 Å². The van der Waals surface area contributed by atoms with Crippen molar-refractivity contribution in [3.63, 3.8) is 0 Å². The minimum Gasteiger partial charge on any atom is -0.311 e. The number of benzene rings is 10. The van der Waals surface area contributed by atoms with Crippen LogP contribution in [0.3, 0.4) is 0 Å². The lowest BCUT2D eigenvalue weighted by molar-refractivity contribution is 0.794. The Balaban J connectivity index is 1.04. The van der Waals surface area contributed by atoms with Crippen molar-refractivity contribution in [1.82, 2.24) is 0 Å². The smallest absolute Gasteiger partial charge is 0.264 e. The summed E-state index contributed by atoms with van der Waals surface area (Å²) in [7, 11) is 0. The van der Waals surface area contributed by atoms with Gasteiger partial charge in [-0.15, -0.1) is 11.3 Å². The van der Waals surface area contributed by atoms with Gasteiger partial charge < -0.3 is 9.80 Å². The molecule has 2 nitrogen and oxygen atoms in total. The van der Waals surface area contributed by atoms with Gasteiger partial charge in [0.2, 0.25) is 0 Å². The molecule has 0 fully saturated rings. The van der Waals surface area contributed by atoms with Crippen LogP contribution in [0.25, 0.3) is 44.5 Å². The fourth-order valence-corrected chi connectivity index (χ4v) is 16.7. The molecule has 0 atom stereocenters. The largest absolute Gasteiger partial charge is 0.311 e. The molecule has 2 aliphatic heterocycles. The van der Waals surface area contributed by atoms with Crippen molar-refractivity contribution in [2.75, 3.05) is 9.80 Å².